The number of aryl methyl sites for hydroxylation is 1. The van der Waals surface area contributed by atoms with E-state index in [1.807, 2.05) is 12.3 Å². The Hall–Kier alpha value is -3.96. The van der Waals surface area contributed by atoms with Crippen LogP contribution in [0.15, 0.2) is 59.6 Å². The van der Waals surface area contributed by atoms with E-state index < -0.39 is 10.0 Å². The van der Waals surface area contributed by atoms with Crippen LogP contribution in [0.25, 0.3) is 22.0 Å². The van der Waals surface area contributed by atoms with Crippen molar-refractivity contribution >= 4 is 32.7 Å². The van der Waals surface area contributed by atoms with Crippen molar-refractivity contribution in [1.29, 1.82) is 0 Å². The Balaban J connectivity index is 1.44. The number of anilines is 2. The Morgan fingerprint density at radius 2 is 1.77 bits per heavy atom. The highest BCUT2D eigenvalue weighted by Crippen LogP contribution is 2.34. The SMILES string of the molecule is CCc1cc(-c2ccc(NS(=O)(=O)c3ccccc3OC)nc2OC)cc2cnc(NC3CCC(N)CC3)nc12. The normalized spacial score (nSPS) is 17.4. The molecule has 0 spiro atoms. The molecule has 40 heavy (non-hydrogen) atoms. The highest BCUT2D eigenvalue weighted by Gasteiger charge is 2.22. The van der Waals surface area contributed by atoms with Gasteiger partial charge in [-0.3, -0.25) is 4.72 Å². The summed E-state index contributed by atoms with van der Waals surface area (Å²) in [5.74, 6) is 1.29. The number of nitrogens with zero attached hydrogens (tertiary/aromatic N) is 3. The third-order valence-corrected chi connectivity index (χ3v) is 8.60. The second-order valence-corrected chi connectivity index (χ2v) is 11.5. The van der Waals surface area contributed by atoms with Crippen LogP contribution in [-0.2, 0) is 16.4 Å². The van der Waals surface area contributed by atoms with Crippen molar-refractivity contribution in [2.24, 2.45) is 5.73 Å². The van der Waals surface area contributed by atoms with Crippen molar-refractivity contribution in [2.45, 2.75) is 56.0 Å². The highest BCUT2D eigenvalue weighted by atomic mass is 32.2. The molecule has 4 aromatic rings. The van der Waals surface area contributed by atoms with Gasteiger partial charge in [0.25, 0.3) is 10.0 Å². The Bertz CT molecular complexity index is 1620. The minimum atomic E-state index is -3.94. The number of nitrogens with one attached hydrogen (secondary N) is 2. The number of hydrogen-bond donors (Lipinski definition) is 3. The molecule has 1 saturated carbocycles. The first-order chi connectivity index (χ1) is 19.3. The van der Waals surface area contributed by atoms with Gasteiger partial charge in [-0.15, -0.1) is 0 Å². The lowest BCUT2D eigenvalue weighted by Gasteiger charge is -2.26. The molecule has 4 N–H and O–H groups in total. The third kappa shape index (κ3) is 5.80. The number of pyridine rings is 1. The van der Waals surface area contributed by atoms with Gasteiger partial charge in [0.15, 0.2) is 0 Å². The molecule has 11 heteroatoms. The first-order valence-corrected chi connectivity index (χ1v) is 14.8. The zero-order valence-electron chi connectivity index (χ0n) is 22.8. The fourth-order valence-electron chi connectivity index (χ4n) is 5.07. The molecular weight excluding hydrogens is 528 g/mol. The zero-order valence-corrected chi connectivity index (χ0v) is 23.7. The van der Waals surface area contributed by atoms with Crippen LogP contribution in [0.2, 0.25) is 0 Å². The van der Waals surface area contributed by atoms with Gasteiger partial charge in [0.05, 0.1) is 19.7 Å². The van der Waals surface area contributed by atoms with E-state index in [2.05, 4.69) is 33.0 Å². The zero-order chi connectivity index (χ0) is 28.3. The Morgan fingerprint density at radius 3 is 2.50 bits per heavy atom. The van der Waals surface area contributed by atoms with Crippen LogP contribution in [0.4, 0.5) is 11.8 Å². The van der Waals surface area contributed by atoms with Crippen molar-refractivity contribution < 1.29 is 17.9 Å². The predicted octanol–water partition coefficient (Wildman–Crippen LogP) is 4.75. The topological polar surface area (TPSA) is 141 Å². The number of hydrogen-bond acceptors (Lipinski definition) is 9. The lowest BCUT2D eigenvalue weighted by atomic mass is 9.92. The summed E-state index contributed by atoms with van der Waals surface area (Å²) in [6, 6.07) is 14.5. The number of benzene rings is 2. The first kappa shape index (κ1) is 27.6. The quantitative estimate of drug-likeness (QED) is 0.263. The monoisotopic (exact) mass is 562 g/mol. The molecular formula is C29H34N6O4S. The molecule has 0 unspecified atom stereocenters. The lowest BCUT2D eigenvalue weighted by Crippen LogP contribution is -2.33. The van der Waals surface area contributed by atoms with Gasteiger partial charge in [0.2, 0.25) is 11.8 Å². The summed E-state index contributed by atoms with van der Waals surface area (Å²) < 4.78 is 39.4. The van der Waals surface area contributed by atoms with Crippen molar-refractivity contribution in [3.63, 3.8) is 0 Å². The summed E-state index contributed by atoms with van der Waals surface area (Å²) in [6.45, 7) is 2.08. The molecule has 1 aliphatic rings. The molecule has 0 bridgehead atoms. The molecule has 2 aromatic carbocycles. The molecule has 1 aliphatic carbocycles. The van der Waals surface area contributed by atoms with E-state index in [1.165, 1.54) is 20.3 Å². The molecule has 1 fully saturated rings. The van der Waals surface area contributed by atoms with Crippen molar-refractivity contribution in [2.75, 3.05) is 24.3 Å². The second kappa shape index (κ2) is 11.6. The standard InChI is InChI=1S/C29H34N6O4S/c1-4-18-15-19(16-20-17-31-29(34-27(18)20)32-22-11-9-21(30)10-12-22)23-13-14-26(33-28(23)39-3)35-40(36,37)25-8-6-5-7-24(25)38-2/h5-8,13-17,21-22H,4,9-12,30H2,1-3H3,(H,33,35)(H,31,32,34). The number of ether oxygens (including phenoxy) is 2. The van der Waals surface area contributed by atoms with Gasteiger partial charge in [-0.25, -0.2) is 18.4 Å². The van der Waals surface area contributed by atoms with Crippen molar-refractivity contribution in [3.05, 3.63) is 60.3 Å². The fraction of sp³-hybridized carbons (Fsp3) is 0.345. The Morgan fingerprint density at radius 1 is 1.00 bits per heavy atom. The van der Waals surface area contributed by atoms with E-state index >= 15 is 0 Å². The maximum atomic E-state index is 13.0. The van der Waals surface area contributed by atoms with Crippen molar-refractivity contribution in [3.8, 4) is 22.8 Å². The van der Waals surface area contributed by atoms with Gasteiger partial charge >= 0.3 is 0 Å². The number of nitrogens with two attached hydrogens (primary N) is 1. The van der Waals surface area contributed by atoms with E-state index in [1.54, 1.807) is 30.3 Å². The Kier molecular flexibility index (Phi) is 8.04. The Labute approximate surface area is 234 Å². The van der Waals surface area contributed by atoms with Crippen LogP contribution < -0.4 is 25.2 Å². The van der Waals surface area contributed by atoms with Gasteiger partial charge in [-0.05, 0) is 79.6 Å². The number of sulfonamides is 1. The molecule has 0 atom stereocenters. The number of para-hydroxylation sites is 1. The second-order valence-electron chi connectivity index (χ2n) is 9.89. The minimum Gasteiger partial charge on any atom is -0.495 e. The molecule has 0 saturated heterocycles. The summed E-state index contributed by atoms with van der Waals surface area (Å²) >= 11 is 0. The van der Waals surface area contributed by atoms with E-state index in [0.717, 1.165) is 59.7 Å². The molecule has 210 valence electrons. The average molecular weight is 563 g/mol. The van der Waals surface area contributed by atoms with Crippen LogP contribution in [-0.4, -0.2) is 49.7 Å². The maximum Gasteiger partial charge on any atom is 0.266 e. The number of rotatable bonds is 9. The highest BCUT2D eigenvalue weighted by molar-refractivity contribution is 7.92. The van der Waals surface area contributed by atoms with Crippen LogP contribution >= 0.6 is 0 Å². The van der Waals surface area contributed by atoms with Crippen LogP contribution in [0.3, 0.4) is 0 Å². The summed E-state index contributed by atoms with van der Waals surface area (Å²) in [5, 5.41) is 4.38. The van der Waals surface area contributed by atoms with E-state index in [-0.39, 0.29) is 28.4 Å². The van der Waals surface area contributed by atoms with Crippen molar-refractivity contribution in [1.82, 2.24) is 15.0 Å². The molecule has 2 heterocycles. The maximum absolute atomic E-state index is 13.0. The summed E-state index contributed by atoms with van der Waals surface area (Å²) in [6.07, 6.45) is 6.64. The van der Waals surface area contributed by atoms with E-state index in [4.69, 9.17) is 20.2 Å². The molecule has 5 rings (SSSR count). The summed E-state index contributed by atoms with van der Waals surface area (Å²) in [4.78, 5) is 13.9. The van der Waals surface area contributed by atoms with Gasteiger partial charge in [0, 0.05) is 29.2 Å². The van der Waals surface area contributed by atoms with Gasteiger partial charge in [-0.1, -0.05) is 19.1 Å². The van der Waals surface area contributed by atoms with Gasteiger partial charge < -0.3 is 20.5 Å². The lowest BCUT2D eigenvalue weighted by molar-refractivity contribution is 0.400. The van der Waals surface area contributed by atoms with E-state index in [9.17, 15) is 8.42 Å². The first-order valence-electron chi connectivity index (χ1n) is 13.3. The van der Waals surface area contributed by atoms with Crippen LogP contribution in [0, 0.1) is 0 Å². The third-order valence-electron chi connectivity index (χ3n) is 7.21. The van der Waals surface area contributed by atoms with Crippen LogP contribution in [0.1, 0.15) is 38.2 Å². The molecule has 10 nitrogen and oxygen atoms in total. The van der Waals surface area contributed by atoms with Gasteiger partial charge in [-0.2, -0.15) is 4.98 Å². The molecule has 0 radical (unpaired) electrons. The van der Waals surface area contributed by atoms with Gasteiger partial charge in [0.1, 0.15) is 16.5 Å². The molecule has 0 aliphatic heterocycles. The fourth-order valence-corrected chi connectivity index (χ4v) is 6.24. The predicted molar refractivity (Wildman–Crippen MR) is 156 cm³/mol. The van der Waals surface area contributed by atoms with Crippen LogP contribution in [0.5, 0.6) is 11.6 Å². The average Bonchev–Trinajstić information content (AvgIpc) is 2.97. The summed E-state index contributed by atoms with van der Waals surface area (Å²) in [5.41, 5.74) is 9.60. The minimum absolute atomic E-state index is 0.0189. The smallest absolute Gasteiger partial charge is 0.266 e. The number of methoxy groups -OCH3 is 2. The summed E-state index contributed by atoms with van der Waals surface area (Å²) in [7, 11) is -1.01. The van der Waals surface area contributed by atoms with E-state index in [0.29, 0.717) is 12.0 Å². The largest absolute Gasteiger partial charge is 0.495 e. The number of fused-ring (bicyclic) bond motifs is 1. The molecule has 2 aromatic heterocycles. The number of aromatic nitrogens is 3. The molecule has 0 amide bonds.